The Labute approximate surface area is 180 Å². The Hall–Kier alpha value is -2.08. The Bertz CT molecular complexity index is 700. The molecule has 2 aliphatic rings. The number of aliphatic hydroxyl groups excluding tert-OH is 1. The summed E-state index contributed by atoms with van der Waals surface area (Å²) in [6.07, 6.45) is 11.6. The van der Waals surface area contributed by atoms with Crippen molar-refractivity contribution >= 4 is 17.5 Å². The molecule has 166 valence electrons. The van der Waals surface area contributed by atoms with E-state index in [0.717, 1.165) is 61.9 Å². The van der Waals surface area contributed by atoms with Gasteiger partial charge >= 0.3 is 0 Å². The van der Waals surface area contributed by atoms with Gasteiger partial charge in [0.25, 0.3) is 0 Å². The van der Waals surface area contributed by atoms with E-state index in [1.807, 2.05) is 23.1 Å². The standard InChI is InChI=1S/C24H36N2O4/c27-16-15-26(20-8-4-3-5-9-20)24(29)10-6-1-2-7-17-30-21-12-13-22-19(18-21)11-14-23(28)25-22/h12-13,18,20,27H,1-11,14-17H2,(H,25,28). The number of fused-ring (bicyclic) bond motifs is 1. The van der Waals surface area contributed by atoms with Crippen LogP contribution in [0.1, 0.15) is 76.2 Å². The molecule has 6 heteroatoms. The summed E-state index contributed by atoms with van der Waals surface area (Å²) in [6, 6.07) is 6.17. The summed E-state index contributed by atoms with van der Waals surface area (Å²) in [5.41, 5.74) is 2.03. The van der Waals surface area contributed by atoms with E-state index in [9.17, 15) is 14.7 Å². The van der Waals surface area contributed by atoms with E-state index in [0.29, 0.717) is 32.0 Å². The summed E-state index contributed by atoms with van der Waals surface area (Å²) >= 11 is 0. The highest BCUT2D eigenvalue weighted by Gasteiger charge is 2.24. The van der Waals surface area contributed by atoms with Crippen LogP contribution >= 0.6 is 0 Å². The van der Waals surface area contributed by atoms with Crippen molar-refractivity contribution in [2.24, 2.45) is 0 Å². The molecular formula is C24H36N2O4. The zero-order valence-corrected chi connectivity index (χ0v) is 18.0. The molecule has 0 saturated heterocycles. The molecule has 1 aliphatic carbocycles. The van der Waals surface area contributed by atoms with Gasteiger partial charge in [-0.1, -0.05) is 32.1 Å². The fourth-order valence-corrected chi connectivity index (χ4v) is 4.53. The number of unbranched alkanes of at least 4 members (excludes halogenated alkanes) is 3. The molecule has 6 nitrogen and oxygen atoms in total. The van der Waals surface area contributed by atoms with Crippen LogP contribution in [0.2, 0.25) is 0 Å². The van der Waals surface area contributed by atoms with E-state index in [1.54, 1.807) is 0 Å². The maximum absolute atomic E-state index is 12.6. The molecule has 0 spiro atoms. The van der Waals surface area contributed by atoms with Crippen LogP contribution in [0.5, 0.6) is 5.75 Å². The van der Waals surface area contributed by atoms with Gasteiger partial charge in [-0.15, -0.1) is 0 Å². The second kappa shape index (κ2) is 11.9. The Balaban J connectivity index is 1.29. The molecule has 30 heavy (non-hydrogen) atoms. The van der Waals surface area contributed by atoms with Crippen LogP contribution < -0.4 is 10.1 Å². The normalized spacial score (nSPS) is 16.6. The van der Waals surface area contributed by atoms with Gasteiger partial charge in [-0.2, -0.15) is 0 Å². The van der Waals surface area contributed by atoms with Gasteiger partial charge in [-0.25, -0.2) is 0 Å². The quantitative estimate of drug-likeness (QED) is 0.533. The van der Waals surface area contributed by atoms with Crippen LogP contribution in [0.4, 0.5) is 5.69 Å². The number of ether oxygens (including phenoxy) is 1. The highest BCUT2D eigenvalue weighted by molar-refractivity contribution is 5.94. The van der Waals surface area contributed by atoms with Crippen LogP contribution in [0, 0.1) is 0 Å². The van der Waals surface area contributed by atoms with Gasteiger partial charge < -0.3 is 20.1 Å². The van der Waals surface area contributed by atoms with Gasteiger partial charge in [0, 0.05) is 31.1 Å². The first kappa shape index (κ1) is 22.6. The molecule has 2 N–H and O–H groups in total. The average Bonchev–Trinajstić information content (AvgIpc) is 2.77. The Morgan fingerprint density at radius 1 is 1.10 bits per heavy atom. The number of benzene rings is 1. The van der Waals surface area contributed by atoms with Crippen LogP contribution in [-0.2, 0) is 16.0 Å². The zero-order chi connectivity index (χ0) is 21.2. The van der Waals surface area contributed by atoms with Crippen LogP contribution in [0.15, 0.2) is 18.2 Å². The summed E-state index contributed by atoms with van der Waals surface area (Å²) < 4.78 is 5.86. The molecule has 0 atom stereocenters. The van der Waals surface area contributed by atoms with Crippen molar-refractivity contribution in [2.75, 3.05) is 25.1 Å². The number of aliphatic hydroxyl groups is 1. The predicted octanol–water partition coefficient (Wildman–Crippen LogP) is 4.05. The Morgan fingerprint density at radius 2 is 1.90 bits per heavy atom. The minimum atomic E-state index is 0.0502. The largest absolute Gasteiger partial charge is 0.494 e. The predicted molar refractivity (Wildman–Crippen MR) is 118 cm³/mol. The van der Waals surface area contributed by atoms with E-state index in [4.69, 9.17) is 4.74 Å². The van der Waals surface area contributed by atoms with Crippen LogP contribution in [-0.4, -0.2) is 47.6 Å². The molecule has 1 fully saturated rings. The molecule has 0 bridgehead atoms. The number of carbonyl (C=O) groups is 2. The van der Waals surface area contributed by atoms with E-state index in [1.165, 1.54) is 19.3 Å². The van der Waals surface area contributed by atoms with Gasteiger partial charge in [0.1, 0.15) is 5.75 Å². The molecule has 0 aromatic heterocycles. The monoisotopic (exact) mass is 416 g/mol. The Morgan fingerprint density at radius 3 is 2.70 bits per heavy atom. The first-order valence-electron chi connectivity index (χ1n) is 11.6. The van der Waals surface area contributed by atoms with Crippen molar-refractivity contribution in [3.05, 3.63) is 23.8 Å². The topological polar surface area (TPSA) is 78.9 Å². The maximum atomic E-state index is 12.6. The summed E-state index contributed by atoms with van der Waals surface area (Å²) in [4.78, 5) is 26.0. The number of carbonyl (C=O) groups excluding carboxylic acids is 2. The third-order valence-corrected chi connectivity index (χ3v) is 6.20. The lowest BCUT2D eigenvalue weighted by molar-refractivity contribution is -0.135. The highest BCUT2D eigenvalue weighted by atomic mass is 16.5. The first-order valence-corrected chi connectivity index (χ1v) is 11.6. The number of hydrogen-bond donors (Lipinski definition) is 2. The van der Waals surface area contributed by atoms with Crippen molar-refractivity contribution < 1.29 is 19.4 Å². The molecule has 3 rings (SSSR count). The molecule has 1 aliphatic heterocycles. The number of aryl methyl sites for hydroxylation is 1. The fourth-order valence-electron chi connectivity index (χ4n) is 4.53. The zero-order valence-electron chi connectivity index (χ0n) is 18.0. The fraction of sp³-hybridized carbons (Fsp3) is 0.667. The van der Waals surface area contributed by atoms with Gasteiger partial charge in [-0.3, -0.25) is 9.59 Å². The van der Waals surface area contributed by atoms with Crippen LogP contribution in [0.25, 0.3) is 0 Å². The highest BCUT2D eigenvalue weighted by Crippen LogP contribution is 2.27. The summed E-state index contributed by atoms with van der Waals surface area (Å²) in [5.74, 6) is 1.13. The van der Waals surface area contributed by atoms with Crippen molar-refractivity contribution in [3.63, 3.8) is 0 Å². The maximum Gasteiger partial charge on any atom is 0.224 e. The molecule has 1 aromatic carbocycles. The third kappa shape index (κ3) is 6.73. The number of nitrogens with zero attached hydrogens (tertiary/aromatic N) is 1. The number of hydrogen-bond acceptors (Lipinski definition) is 4. The molecule has 1 aromatic rings. The number of amides is 2. The van der Waals surface area contributed by atoms with Crippen molar-refractivity contribution in [3.8, 4) is 5.75 Å². The minimum Gasteiger partial charge on any atom is -0.494 e. The summed E-state index contributed by atoms with van der Waals surface area (Å²) in [5, 5.41) is 12.2. The summed E-state index contributed by atoms with van der Waals surface area (Å²) in [6.45, 7) is 1.19. The summed E-state index contributed by atoms with van der Waals surface area (Å²) in [7, 11) is 0. The van der Waals surface area contributed by atoms with Crippen molar-refractivity contribution in [1.29, 1.82) is 0 Å². The van der Waals surface area contributed by atoms with Crippen molar-refractivity contribution in [1.82, 2.24) is 4.90 Å². The van der Waals surface area contributed by atoms with E-state index in [2.05, 4.69) is 5.32 Å². The van der Waals surface area contributed by atoms with Gasteiger partial charge in [0.2, 0.25) is 11.8 Å². The lowest BCUT2D eigenvalue weighted by Gasteiger charge is -2.34. The second-order valence-corrected chi connectivity index (χ2v) is 8.48. The minimum absolute atomic E-state index is 0.0502. The second-order valence-electron chi connectivity index (χ2n) is 8.48. The third-order valence-electron chi connectivity index (χ3n) is 6.20. The van der Waals surface area contributed by atoms with E-state index < -0.39 is 0 Å². The molecule has 2 amide bonds. The molecular weight excluding hydrogens is 380 g/mol. The van der Waals surface area contributed by atoms with Gasteiger partial charge in [-0.05, 0) is 55.9 Å². The van der Waals surface area contributed by atoms with E-state index in [-0.39, 0.29) is 18.4 Å². The number of anilines is 1. The van der Waals surface area contributed by atoms with Gasteiger partial charge in [0.05, 0.1) is 13.2 Å². The Kier molecular flexibility index (Phi) is 9.00. The van der Waals surface area contributed by atoms with Crippen LogP contribution in [0.3, 0.4) is 0 Å². The molecule has 0 radical (unpaired) electrons. The lowest BCUT2D eigenvalue weighted by Crippen LogP contribution is -2.43. The SMILES string of the molecule is O=C1CCc2cc(OCCCCCCC(=O)N(CCO)C3CCCCC3)ccc2N1. The number of rotatable bonds is 11. The molecule has 0 unspecified atom stereocenters. The average molecular weight is 417 g/mol. The molecule has 1 heterocycles. The van der Waals surface area contributed by atoms with Gasteiger partial charge in [0.15, 0.2) is 0 Å². The van der Waals surface area contributed by atoms with Crippen molar-refractivity contribution in [2.45, 2.75) is 83.1 Å². The lowest BCUT2D eigenvalue weighted by atomic mass is 9.94. The first-order chi connectivity index (χ1) is 14.7. The molecule has 1 saturated carbocycles. The number of nitrogens with one attached hydrogen (secondary N) is 1. The smallest absolute Gasteiger partial charge is 0.224 e. The van der Waals surface area contributed by atoms with E-state index >= 15 is 0 Å².